The third-order valence-electron chi connectivity index (χ3n) is 8.40. The lowest BCUT2D eigenvalue weighted by Crippen LogP contribution is -2.33. The van der Waals surface area contributed by atoms with Crippen molar-refractivity contribution < 1.29 is 0 Å². The lowest BCUT2D eigenvalue weighted by Gasteiger charge is -2.24. The second-order valence-corrected chi connectivity index (χ2v) is 11.2. The quantitative estimate of drug-likeness (QED) is 0.181. The van der Waals surface area contributed by atoms with Crippen molar-refractivity contribution in [3.8, 4) is 22.3 Å². The maximum Gasteiger partial charge on any atom is 0.159 e. The number of hydrogen-bond donors (Lipinski definition) is 2. The fraction of sp³-hybridized carbons (Fsp3) is 0.0476. The van der Waals surface area contributed by atoms with E-state index in [1.807, 2.05) is 49.4 Å². The van der Waals surface area contributed by atoms with Crippen molar-refractivity contribution >= 4 is 28.0 Å². The third-order valence-corrected chi connectivity index (χ3v) is 8.40. The smallest absolute Gasteiger partial charge is 0.159 e. The van der Waals surface area contributed by atoms with Crippen LogP contribution in [0.1, 0.15) is 35.3 Å². The predicted molar refractivity (Wildman–Crippen MR) is 194 cm³/mol. The first-order chi connectivity index (χ1) is 22.7. The molecule has 1 heterocycles. The van der Waals surface area contributed by atoms with Gasteiger partial charge in [-0.25, -0.2) is 9.98 Å². The minimum absolute atomic E-state index is 0.262. The summed E-state index contributed by atoms with van der Waals surface area (Å²) in [7, 11) is 0. The van der Waals surface area contributed by atoms with Crippen LogP contribution in [0.15, 0.2) is 174 Å². The SMILES string of the molecule is C/C=C(\C=C/N)c1ccc(-c2cccc3c(-c4ccc(C5N=C(c6ccccc6)N=C(c6ccccc6)N5)cc4)cccc23)cc1. The summed E-state index contributed by atoms with van der Waals surface area (Å²) in [5, 5.41) is 6.01. The highest BCUT2D eigenvalue weighted by Crippen LogP contribution is 2.36. The van der Waals surface area contributed by atoms with Gasteiger partial charge in [-0.1, -0.05) is 152 Å². The molecule has 0 fully saturated rings. The number of nitrogens with one attached hydrogen (secondary N) is 1. The predicted octanol–water partition coefficient (Wildman–Crippen LogP) is 9.54. The molecule has 6 aromatic rings. The van der Waals surface area contributed by atoms with Gasteiger partial charge < -0.3 is 11.1 Å². The van der Waals surface area contributed by atoms with Crippen molar-refractivity contribution in [3.05, 3.63) is 186 Å². The van der Waals surface area contributed by atoms with Crippen molar-refractivity contribution in [1.82, 2.24) is 5.32 Å². The lowest BCUT2D eigenvalue weighted by molar-refractivity contribution is 0.674. The van der Waals surface area contributed by atoms with Crippen LogP contribution in [0.3, 0.4) is 0 Å². The Balaban J connectivity index is 1.21. The Hall–Kier alpha value is -6.00. The van der Waals surface area contributed by atoms with Gasteiger partial charge in [0, 0.05) is 11.1 Å². The van der Waals surface area contributed by atoms with Gasteiger partial charge in [-0.15, -0.1) is 0 Å². The molecule has 46 heavy (non-hydrogen) atoms. The second-order valence-electron chi connectivity index (χ2n) is 11.2. The summed E-state index contributed by atoms with van der Waals surface area (Å²) in [4.78, 5) is 9.93. The average Bonchev–Trinajstić information content (AvgIpc) is 3.14. The van der Waals surface area contributed by atoms with Crippen LogP contribution in [-0.2, 0) is 0 Å². The van der Waals surface area contributed by atoms with E-state index in [4.69, 9.17) is 15.7 Å². The summed E-state index contributed by atoms with van der Waals surface area (Å²) in [5.74, 6) is 1.54. The third kappa shape index (κ3) is 5.76. The molecule has 222 valence electrons. The maximum atomic E-state index is 5.65. The zero-order valence-electron chi connectivity index (χ0n) is 25.6. The van der Waals surface area contributed by atoms with Gasteiger partial charge in [-0.05, 0) is 68.9 Å². The average molecular weight is 595 g/mol. The summed E-state index contributed by atoms with van der Waals surface area (Å²) in [6.07, 6.45) is 5.32. The van der Waals surface area contributed by atoms with E-state index in [2.05, 4.69) is 121 Å². The fourth-order valence-electron chi connectivity index (χ4n) is 6.04. The lowest BCUT2D eigenvalue weighted by atomic mass is 9.92. The minimum Gasteiger partial charge on any atom is -0.405 e. The standard InChI is InChI=1S/C42H34N4/c1-2-29(27-28-43)30-19-21-31(22-20-30)36-15-9-18-39-37(16-10-17-38(36)39)32-23-25-35(26-24-32)42-45-40(33-11-5-3-6-12-33)44-41(46-42)34-13-7-4-8-14-34/h2-28,42H,43H2,1H3,(H,44,45,46)/b28-27-,29-2+. The summed E-state index contributed by atoms with van der Waals surface area (Å²) < 4.78 is 0. The molecule has 3 N–H and O–H groups in total. The van der Waals surface area contributed by atoms with Crippen LogP contribution in [-0.4, -0.2) is 11.7 Å². The highest BCUT2D eigenvalue weighted by molar-refractivity contribution is 6.13. The summed E-state index contributed by atoms with van der Waals surface area (Å²) in [6, 6.07) is 50.9. The summed E-state index contributed by atoms with van der Waals surface area (Å²) in [5.41, 5.74) is 15.7. The Bertz CT molecular complexity index is 2110. The molecule has 1 aliphatic heterocycles. The van der Waals surface area contributed by atoms with Crippen molar-refractivity contribution in [3.63, 3.8) is 0 Å². The fourth-order valence-corrected chi connectivity index (χ4v) is 6.04. The molecule has 0 aliphatic carbocycles. The van der Waals surface area contributed by atoms with Gasteiger partial charge in [0.2, 0.25) is 0 Å². The molecule has 1 aliphatic rings. The molecule has 0 bridgehead atoms. The molecule has 1 unspecified atom stereocenters. The number of nitrogens with zero attached hydrogens (tertiary/aromatic N) is 2. The van der Waals surface area contributed by atoms with Crippen LogP contribution in [0, 0.1) is 0 Å². The molecule has 7 rings (SSSR count). The number of nitrogens with two attached hydrogens (primary N) is 1. The number of hydrogen-bond acceptors (Lipinski definition) is 4. The van der Waals surface area contributed by atoms with E-state index in [0.717, 1.165) is 45.1 Å². The molecule has 0 saturated carbocycles. The van der Waals surface area contributed by atoms with E-state index in [9.17, 15) is 0 Å². The number of allylic oxidation sites excluding steroid dienone is 3. The van der Waals surface area contributed by atoms with Crippen LogP contribution < -0.4 is 11.1 Å². The van der Waals surface area contributed by atoms with Crippen molar-refractivity contribution in [2.45, 2.75) is 13.1 Å². The molecular formula is C42H34N4. The molecule has 0 spiro atoms. The number of benzene rings is 6. The monoisotopic (exact) mass is 594 g/mol. The Morgan fingerprint density at radius 3 is 1.74 bits per heavy atom. The Kier molecular flexibility index (Phi) is 8.08. The van der Waals surface area contributed by atoms with Gasteiger partial charge >= 0.3 is 0 Å². The first-order valence-electron chi connectivity index (χ1n) is 15.5. The van der Waals surface area contributed by atoms with Gasteiger partial charge in [0.25, 0.3) is 0 Å². The van der Waals surface area contributed by atoms with Crippen molar-refractivity contribution in [2.75, 3.05) is 0 Å². The molecule has 0 radical (unpaired) electrons. The van der Waals surface area contributed by atoms with E-state index < -0.39 is 0 Å². The van der Waals surface area contributed by atoms with Crippen LogP contribution in [0.5, 0.6) is 0 Å². The van der Waals surface area contributed by atoms with E-state index in [1.54, 1.807) is 6.20 Å². The largest absolute Gasteiger partial charge is 0.405 e. The zero-order chi connectivity index (χ0) is 31.3. The van der Waals surface area contributed by atoms with Crippen molar-refractivity contribution in [1.29, 1.82) is 0 Å². The molecular weight excluding hydrogens is 560 g/mol. The summed E-state index contributed by atoms with van der Waals surface area (Å²) in [6.45, 7) is 2.03. The Morgan fingerprint density at radius 1 is 0.609 bits per heavy atom. The van der Waals surface area contributed by atoms with Crippen molar-refractivity contribution in [2.24, 2.45) is 15.7 Å². The van der Waals surface area contributed by atoms with Crippen LogP contribution in [0.25, 0.3) is 38.6 Å². The van der Waals surface area contributed by atoms with Gasteiger partial charge in [-0.3, -0.25) is 0 Å². The van der Waals surface area contributed by atoms with E-state index >= 15 is 0 Å². The summed E-state index contributed by atoms with van der Waals surface area (Å²) >= 11 is 0. The molecule has 0 aromatic heterocycles. The molecule has 6 aromatic carbocycles. The van der Waals surface area contributed by atoms with Gasteiger partial charge in [0.05, 0.1) is 0 Å². The highest BCUT2D eigenvalue weighted by Gasteiger charge is 2.21. The van der Waals surface area contributed by atoms with E-state index in [0.29, 0.717) is 0 Å². The molecule has 1 atom stereocenters. The number of aliphatic imine (C=N–C) groups is 2. The molecule has 4 heteroatoms. The first kappa shape index (κ1) is 28.8. The first-order valence-corrected chi connectivity index (χ1v) is 15.5. The van der Waals surface area contributed by atoms with Gasteiger partial charge in [0.15, 0.2) is 5.84 Å². The number of fused-ring (bicyclic) bond motifs is 1. The topological polar surface area (TPSA) is 62.8 Å². The Morgan fingerprint density at radius 2 is 1.17 bits per heavy atom. The maximum absolute atomic E-state index is 5.65. The minimum atomic E-state index is -0.262. The zero-order valence-corrected chi connectivity index (χ0v) is 25.6. The van der Waals surface area contributed by atoms with Crippen LogP contribution in [0.4, 0.5) is 0 Å². The van der Waals surface area contributed by atoms with Gasteiger partial charge in [0.1, 0.15) is 12.0 Å². The van der Waals surface area contributed by atoms with E-state index in [-0.39, 0.29) is 6.17 Å². The number of amidine groups is 2. The normalized spacial score (nSPS) is 15.0. The molecule has 0 amide bonds. The van der Waals surface area contributed by atoms with Gasteiger partial charge in [-0.2, -0.15) is 0 Å². The molecule has 4 nitrogen and oxygen atoms in total. The number of rotatable bonds is 7. The van der Waals surface area contributed by atoms with E-state index in [1.165, 1.54) is 27.5 Å². The Labute approximate surface area is 270 Å². The van der Waals surface area contributed by atoms with Crippen LogP contribution in [0.2, 0.25) is 0 Å². The van der Waals surface area contributed by atoms with Crippen LogP contribution >= 0.6 is 0 Å². The molecule has 0 saturated heterocycles. The second kappa shape index (κ2) is 12.9. The highest BCUT2D eigenvalue weighted by atomic mass is 15.2.